The zero-order chi connectivity index (χ0) is 25.6. The minimum Gasteiger partial charge on any atom is -0.478 e. The molecule has 7 nitrogen and oxygen atoms in total. The summed E-state index contributed by atoms with van der Waals surface area (Å²) in [5, 5.41) is 0.436. The first kappa shape index (κ1) is 24.6. The number of nitrogens with zero attached hydrogens (tertiary/aromatic N) is 1. The van der Waals surface area contributed by atoms with Gasteiger partial charge in [0.2, 0.25) is 11.2 Å². The Hall–Kier alpha value is -4.10. The van der Waals surface area contributed by atoms with Crippen molar-refractivity contribution in [2.45, 2.75) is 32.7 Å². The molecule has 1 aromatic heterocycles. The van der Waals surface area contributed by atoms with Crippen molar-refractivity contribution in [2.75, 3.05) is 19.9 Å². The average Bonchev–Trinajstić information content (AvgIpc) is 2.94. The summed E-state index contributed by atoms with van der Waals surface area (Å²) in [6.45, 7) is 4.32. The van der Waals surface area contributed by atoms with E-state index in [0.29, 0.717) is 42.2 Å². The smallest absolute Gasteiger partial charge is 0.338 e. The molecule has 0 saturated heterocycles. The van der Waals surface area contributed by atoms with Gasteiger partial charge in [0.1, 0.15) is 30.1 Å². The number of carbonyl (C=O) groups is 1. The predicted molar refractivity (Wildman–Crippen MR) is 140 cm³/mol. The fraction of sp³-hybridized carbons (Fsp3) is 0.267. The number of aryl methyl sites for hydroxylation is 1. The van der Waals surface area contributed by atoms with Crippen LogP contribution in [-0.2, 0) is 17.7 Å². The Kier molecular flexibility index (Phi) is 7.51. The predicted octanol–water partition coefficient (Wildman–Crippen LogP) is 5.94. The van der Waals surface area contributed by atoms with Gasteiger partial charge >= 0.3 is 5.97 Å². The molecule has 1 aliphatic heterocycles. The summed E-state index contributed by atoms with van der Waals surface area (Å²) in [5.74, 6) is 0.837. The van der Waals surface area contributed by atoms with E-state index in [1.807, 2.05) is 19.1 Å². The molecule has 0 aliphatic carbocycles. The van der Waals surface area contributed by atoms with Crippen molar-refractivity contribution in [3.63, 3.8) is 0 Å². The van der Waals surface area contributed by atoms with Gasteiger partial charge in [-0.1, -0.05) is 37.3 Å². The van der Waals surface area contributed by atoms with Crippen molar-refractivity contribution < 1.29 is 23.4 Å². The summed E-state index contributed by atoms with van der Waals surface area (Å²) < 4.78 is 22.8. The Labute approximate surface area is 215 Å². The van der Waals surface area contributed by atoms with E-state index in [1.165, 1.54) is 11.8 Å². The zero-order valence-corrected chi connectivity index (χ0v) is 20.8. The summed E-state index contributed by atoms with van der Waals surface area (Å²) in [6.07, 6.45) is 4.09. The number of hydrogen-bond acceptors (Lipinski definition) is 7. The lowest BCUT2D eigenvalue weighted by molar-refractivity contribution is 0.0505. The van der Waals surface area contributed by atoms with Crippen LogP contribution in [0, 0.1) is 0 Å². The highest BCUT2D eigenvalue weighted by atomic mass is 16.5. The summed E-state index contributed by atoms with van der Waals surface area (Å²) in [4.78, 5) is 27.4. The molecule has 37 heavy (non-hydrogen) atoms. The van der Waals surface area contributed by atoms with Crippen molar-refractivity contribution >= 4 is 16.9 Å². The van der Waals surface area contributed by atoms with Crippen molar-refractivity contribution in [1.29, 1.82) is 0 Å². The minimum atomic E-state index is -0.389. The standard InChI is InChI=1S/C30H29NO6/c1-2-17-34-30(33)22-10-12-23(13-11-22)37-27-19-35-29-24(28(27)32)14-15-26-25(29)18-31(20-36-26)16-6-9-21-7-4-3-5-8-21/h3-5,7-8,10-15,19H,2,6,9,16-18,20H2,1H3. The number of carbonyl (C=O) groups excluding carboxylic acids is 1. The average molecular weight is 500 g/mol. The molecule has 0 atom stereocenters. The van der Waals surface area contributed by atoms with Gasteiger partial charge in [-0.05, 0) is 61.2 Å². The van der Waals surface area contributed by atoms with Crippen LogP contribution in [0.5, 0.6) is 17.2 Å². The largest absolute Gasteiger partial charge is 0.478 e. The molecule has 3 aromatic carbocycles. The molecule has 0 fully saturated rings. The maximum Gasteiger partial charge on any atom is 0.338 e. The van der Waals surface area contributed by atoms with Crippen LogP contribution < -0.4 is 14.9 Å². The second-order valence-corrected chi connectivity index (χ2v) is 9.03. The van der Waals surface area contributed by atoms with E-state index in [0.717, 1.165) is 37.1 Å². The SMILES string of the molecule is CCCOC(=O)c1ccc(Oc2coc3c4c(ccc3c2=O)OCN(CCCc2ccccc2)C4)cc1. The van der Waals surface area contributed by atoms with Gasteiger partial charge in [-0.2, -0.15) is 0 Å². The molecule has 0 spiro atoms. The highest BCUT2D eigenvalue weighted by molar-refractivity contribution is 5.89. The topological polar surface area (TPSA) is 78.2 Å². The fourth-order valence-electron chi connectivity index (χ4n) is 4.37. The lowest BCUT2D eigenvalue weighted by atomic mass is 10.1. The van der Waals surface area contributed by atoms with Gasteiger partial charge in [0.25, 0.3) is 0 Å². The van der Waals surface area contributed by atoms with Gasteiger partial charge in [-0.3, -0.25) is 9.69 Å². The third-order valence-corrected chi connectivity index (χ3v) is 6.29. The van der Waals surface area contributed by atoms with Crippen LogP contribution in [0.3, 0.4) is 0 Å². The second-order valence-electron chi connectivity index (χ2n) is 9.03. The van der Waals surface area contributed by atoms with Crippen LogP contribution in [0.1, 0.15) is 41.3 Å². The third kappa shape index (κ3) is 5.67. The zero-order valence-electron chi connectivity index (χ0n) is 20.8. The highest BCUT2D eigenvalue weighted by Crippen LogP contribution is 2.33. The fourth-order valence-corrected chi connectivity index (χ4v) is 4.37. The molecular weight excluding hydrogens is 470 g/mol. The van der Waals surface area contributed by atoms with Gasteiger partial charge in [0.15, 0.2) is 0 Å². The maximum absolute atomic E-state index is 13.2. The Bertz CT molecular complexity index is 1430. The van der Waals surface area contributed by atoms with Crippen molar-refractivity contribution in [3.05, 3.63) is 99.9 Å². The normalized spacial score (nSPS) is 13.1. The molecular formula is C30H29NO6. The van der Waals surface area contributed by atoms with Crippen LogP contribution in [0.15, 0.2) is 82.2 Å². The van der Waals surface area contributed by atoms with Crippen LogP contribution >= 0.6 is 0 Å². The Balaban J connectivity index is 1.29. The Morgan fingerprint density at radius 2 is 1.84 bits per heavy atom. The maximum atomic E-state index is 13.2. The summed E-state index contributed by atoms with van der Waals surface area (Å²) >= 11 is 0. The van der Waals surface area contributed by atoms with Gasteiger partial charge in [-0.25, -0.2) is 4.79 Å². The molecule has 0 unspecified atom stereocenters. The molecule has 0 saturated carbocycles. The molecule has 1 aliphatic rings. The van der Waals surface area contributed by atoms with Crippen molar-refractivity contribution in [3.8, 4) is 17.2 Å². The summed E-state index contributed by atoms with van der Waals surface area (Å²) in [6, 6.07) is 20.4. The van der Waals surface area contributed by atoms with Gasteiger partial charge in [0.05, 0.1) is 23.1 Å². The molecule has 7 heteroatoms. The Morgan fingerprint density at radius 3 is 2.62 bits per heavy atom. The summed E-state index contributed by atoms with van der Waals surface area (Å²) in [7, 11) is 0. The molecule has 0 radical (unpaired) electrons. The van der Waals surface area contributed by atoms with Crippen LogP contribution in [0.2, 0.25) is 0 Å². The number of hydrogen-bond donors (Lipinski definition) is 0. The number of ether oxygens (including phenoxy) is 3. The quantitative estimate of drug-likeness (QED) is 0.264. The highest BCUT2D eigenvalue weighted by Gasteiger charge is 2.23. The van der Waals surface area contributed by atoms with E-state index in [4.69, 9.17) is 18.6 Å². The number of rotatable bonds is 9. The molecule has 0 bridgehead atoms. The number of fused-ring (bicyclic) bond motifs is 3. The first-order valence-corrected chi connectivity index (χ1v) is 12.5. The van der Waals surface area contributed by atoms with E-state index < -0.39 is 0 Å². The molecule has 190 valence electrons. The van der Waals surface area contributed by atoms with Crippen LogP contribution in [0.25, 0.3) is 11.0 Å². The lowest BCUT2D eigenvalue weighted by Gasteiger charge is -2.29. The molecule has 0 N–H and O–H groups in total. The monoisotopic (exact) mass is 499 g/mol. The van der Waals surface area contributed by atoms with Crippen molar-refractivity contribution in [1.82, 2.24) is 4.90 Å². The third-order valence-electron chi connectivity index (χ3n) is 6.29. The van der Waals surface area contributed by atoms with Crippen molar-refractivity contribution in [2.24, 2.45) is 0 Å². The number of esters is 1. The van der Waals surface area contributed by atoms with E-state index >= 15 is 0 Å². The first-order chi connectivity index (χ1) is 18.1. The minimum absolute atomic E-state index is 0.0743. The molecule has 4 aromatic rings. The van der Waals surface area contributed by atoms with Gasteiger partial charge in [-0.15, -0.1) is 0 Å². The number of benzene rings is 3. The lowest BCUT2D eigenvalue weighted by Crippen LogP contribution is -2.33. The summed E-state index contributed by atoms with van der Waals surface area (Å²) in [5.41, 5.74) is 2.84. The molecule has 5 rings (SSSR count). The van der Waals surface area contributed by atoms with Crippen LogP contribution in [0.4, 0.5) is 0 Å². The first-order valence-electron chi connectivity index (χ1n) is 12.5. The van der Waals surface area contributed by atoms with Gasteiger partial charge in [0, 0.05) is 13.1 Å². The van der Waals surface area contributed by atoms with E-state index in [1.54, 1.807) is 30.3 Å². The molecule has 0 amide bonds. The molecule has 2 heterocycles. The Morgan fingerprint density at radius 1 is 1.03 bits per heavy atom. The van der Waals surface area contributed by atoms with E-state index in [-0.39, 0.29) is 17.1 Å². The van der Waals surface area contributed by atoms with E-state index in [9.17, 15) is 9.59 Å². The van der Waals surface area contributed by atoms with Gasteiger partial charge < -0.3 is 18.6 Å². The van der Waals surface area contributed by atoms with E-state index in [2.05, 4.69) is 29.2 Å². The second kappa shape index (κ2) is 11.3. The van der Waals surface area contributed by atoms with Crippen LogP contribution in [-0.4, -0.2) is 30.8 Å².